The van der Waals surface area contributed by atoms with Crippen molar-refractivity contribution in [2.45, 2.75) is 6.92 Å². The number of hydrogen-bond acceptors (Lipinski definition) is 10. The molecule has 0 spiro atoms. The number of pyridine rings is 1. The van der Waals surface area contributed by atoms with Crippen LogP contribution in [-0.2, 0) is 0 Å². The third-order valence-corrected chi connectivity index (χ3v) is 7.76. The first-order valence-electron chi connectivity index (χ1n) is 11.9. The van der Waals surface area contributed by atoms with Gasteiger partial charge in [0, 0.05) is 24.9 Å². The van der Waals surface area contributed by atoms with Crippen LogP contribution in [0.3, 0.4) is 0 Å². The largest absolute Gasteiger partial charge is 0.355 e. The van der Waals surface area contributed by atoms with Crippen LogP contribution in [0.4, 0.5) is 5.69 Å². The van der Waals surface area contributed by atoms with Crippen LogP contribution >= 0.6 is 50.8 Å². The van der Waals surface area contributed by atoms with Gasteiger partial charge < -0.3 is 10.6 Å². The number of hydrogen-bond donors (Lipinski definition) is 2. The van der Waals surface area contributed by atoms with E-state index in [-0.39, 0.29) is 22.2 Å². The summed E-state index contributed by atoms with van der Waals surface area (Å²) in [6.45, 7) is 1.70. The molecule has 0 unspecified atom stereocenters. The molecule has 0 aliphatic carbocycles. The van der Waals surface area contributed by atoms with Gasteiger partial charge in [-0.05, 0) is 82.6 Å². The molecule has 2 N–H and O–H groups in total. The summed E-state index contributed by atoms with van der Waals surface area (Å²) in [4.78, 5) is 40.9. The van der Waals surface area contributed by atoms with Crippen LogP contribution in [0.25, 0.3) is 16.0 Å². The highest BCUT2D eigenvalue weighted by atomic mass is 79.9. The maximum atomic E-state index is 13.0. The first kappa shape index (κ1) is 30.8. The first-order valence-corrected chi connectivity index (χ1v) is 15.1. The van der Waals surface area contributed by atoms with Crippen molar-refractivity contribution in [2.24, 2.45) is 0 Å². The highest BCUT2D eigenvalue weighted by Crippen LogP contribution is 2.26. The number of fused-ring (bicyclic) bond motifs is 1. The van der Waals surface area contributed by atoms with Crippen molar-refractivity contribution in [3.05, 3.63) is 92.3 Å². The maximum absolute atomic E-state index is 13.0. The molecule has 3 heterocycles. The number of nitrogens with one attached hydrogen (secondary N) is 2. The van der Waals surface area contributed by atoms with E-state index >= 15 is 0 Å². The van der Waals surface area contributed by atoms with Gasteiger partial charge in [0.25, 0.3) is 11.8 Å². The number of rotatable bonds is 5. The average Bonchev–Trinajstić information content (AvgIpc) is 3.64. The number of thioether (sulfide) groups is 1. The molecule has 3 aromatic heterocycles. The lowest BCUT2D eigenvalue weighted by Crippen LogP contribution is -2.24. The zero-order valence-electron chi connectivity index (χ0n) is 22.2. The zero-order valence-corrected chi connectivity index (χ0v) is 26.2. The van der Waals surface area contributed by atoms with E-state index in [9.17, 15) is 19.6 Å². The molecule has 15 heteroatoms. The molecule has 5 rings (SSSR count). The van der Waals surface area contributed by atoms with Gasteiger partial charge in [0.1, 0.15) is 15.8 Å². The summed E-state index contributed by atoms with van der Waals surface area (Å²) < 4.78 is 6.40. The molecule has 0 saturated carbocycles. The molecule has 0 atom stereocenters. The number of benzene rings is 2. The van der Waals surface area contributed by atoms with Crippen LogP contribution in [0.5, 0.6) is 0 Å². The second kappa shape index (κ2) is 13.7. The Balaban J connectivity index is 0.000000258. The van der Waals surface area contributed by atoms with Crippen molar-refractivity contribution in [2.75, 3.05) is 18.6 Å². The van der Waals surface area contributed by atoms with Gasteiger partial charge >= 0.3 is 0 Å². The third-order valence-electron chi connectivity index (χ3n) is 5.71. The van der Waals surface area contributed by atoms with Gasteiger partial charge in [-0.15, -0.1) is 5.10 Å². The predicted octanol–water partition coefficient (Wildman–Crippen LogP) is 5.67. The number of carbonyl (C=O) groups excluding carboxylic acids is 3. The summed E-state index contributed by atoms with van der Waals surface area (Å²) in [7, 11) is 1.47. The quantitative estimate of drug-likeness (QED) is 0.238. The van der Waals surface area contributed by atoms with Gasteiger partial charge in [0.05, 0.1) is 32.6 Å². The topological polar surface area (TPSA) is 156 Å². The molecule has 0 fully saturated rings. The van der Waals surface area contributed by atoms with Crippen LogP contribution in [0.1, 0.15) is 42.3 Å². The Bertz CT molecular complexity index is 1870. The van der Waals surface area contributed by atoms with E-state index in [1.54, 1.807) is 37.4 Å². The average molecular weight is 684 g/mol. The minimum absolute atomic E-state index is 0.0663. The number of halogens is 2. The lowest BCUT2D eigenvalue weighted by molar-refractivity contribution is 0.0963. The monoisotopic (exact) mass is 682 g/mol. The van der Waals surface area contributed by atoms with Crippen LogP contribution < -0.4 is 10.6 Å². The standard InChI is InChI=1S/C19H14BrClN6O2.C8H6N2OS2/c1-10-6-11(9-22)7-12(18(28)23-2)16(10)25-19(29)14-8-15(20)26-27(14)17-13(21)4-3-5-24-17;1-12-8(11)5-3-2-4-6-7(5)13-10-9-6/h3-8H,1-2H3,(H,23,28)(H,25,29);2-4H,1H3. The third kappa shape index (κ3) is 6.66. The number of aryl methyl sites for hydroxylation is 1. The molecule has 0 radical (unpaired) electrons. The highest BCUT2D eigenvalue weighted by molar-refractivity contribution is 9.10. The minimum atomic E-state index is -0.525. The molecule has 2 aromatic carbocycles. The van der Waals surface area contributed by atoms with Gasteiger partial charge in [0.15, 0.2) is 5.82 Å². The van der Waals surface area contributed by atoms with Crippen molar-refractivity contribution in [1.29, 1.82) is 5.26 Å². The molecule has 0 aliphatic heterocycles. The maximum Gasteiger partial charge on any atom is 0.274 e. The Labute approximate surface area is 261 Å². The Kier molecular flexibility index (Phi) is 10.0. The molecule has 11 nitrogen and oxygen atoms in total. The molecule has 212 valence electrons. The van der Waals surface area contributed by atoms with Gasteiger partial charge in [-0.25, -0.2) is 9.67 Å². The summed E-state index contributed by atoms with van der Waals surface area (Å²) in [5.41, 5.74) is 3.01. The van der Waals surface area contributed by atoms with E-state index in [1.807, 2.05) is 18.2 Å². The van der Waals surface area contributed by atoms with E-state index in [0.29, 0.717) is 32.0 Å². The highest BCUT2D eigenvalue weighted by Gasteiger charge is 2.22. The Hall–Kier alpha value is -4.16. The first-order chi connectivity index (χ1) is 20.2. The molecule has 2 amide bonds. The second-order valence-electron chi connectivity index (χ2n) is 8.35. The number of anilines is 1. The molecule has 5 aromatic rings. The fourth-order valence-corrected chi connectivity index (χ4v) is 5.50. The lowest BCUT2D eigenvalue weighted by Gasteiger charge is -2.14. The number of carbonyl (C=O) groups is 3. The summed E-state index contributed by atoms with van der Waals surface area (Å²) in [5.74, 6) is -0.668. The predicted molar refractivity (Wildman–Crippen MR) is 167 cm³/mol. The minimum Gasteiger partial charge on any atom is -0.355 e. The Morgan fingerprint density at radius 3 is 2.60 bits per heavy atom. The van der Waals surface area contributed by atoms with E-state index in [4.69, 9.17) is 11.6 Å². The van der Waals surface area contributed by atoms with Crippen LogP contribution in [0, 0.1) is 18.3 Å². The van der Waals surface area contributed by atoms with Crippen LogP contribution in [0.2, 0.25) is 5.02 Å². The van der Waals surface area contributed by atoms with Crippen molar-refractivity contribution in [1.82, 2.24) is 29.7 Å². The van der Waals surface area contributed by atoms with Gasteiger partial charge in [-0.2, -0.15) is 10.4 Å². The van der Waals surface area contributed by atoms with Crippen molar-refractivity contribution in [3.8, 4) is 11.9 Å². The Morgan fingerprint density at radius 2 is 1.90 bits per heavy atom. The second-order valence-corrected chi connectivity index (χ2v) is 11.1. The van der Waals surface area contributed by atoms with Gasteiger partial charge in [-0.1, -0.05) is 33.9 Å². The number of nitriles is 1. The van der Waals surface area contributed by atoms with Gasteiger partial charge in [-0.3, -0.25) is 14.4 Å². The summed E-state index contributed by atoms with van der Waals surface area (Å²) in [6, 6.07) is 15.3. The molecule has 42 heavy (non-hydrogen) atoms. The fraction of sp³-hybridized carbons (Fsp3) is 0.111. The smallest absolute Gasteiger partial charge is 0.274 e. The van der Waals surface area contributed by atoms with E-state index in [1.165, 1.54) is 53.4 Å². The summed E-state index contributed by atoms with van der Waals surface area (Å²) in [6.07, 6.45) is 3.31. The lowest BCUT2D eigenvalue weighted by atomic mass is 10.0. The zero-order chi connectivity index (χ0) is 30.4. The van der Waals surface area contributed by atoms with E-state index in [0.717, 1.165) is 10.2 Å². The molecular formula is C27H20BrClN8O3S2. The number of amides is 2. The van der Waals surface area contributed by atoms with Crippen LogP contribution in [0.15, 0.2) is 59.3 Å². The molecule has 0 aliphatic rings. The number of nitrogens with zero attached hydrogens (tertiary/aromatic N) is 6. The summed E-state index contributed by atoms with van der Waals surface area (Å²) in [5, 5.41) is 22.9. The normalized spacial score (nSPS) is 10.4. The summed E-state index contributed by atoms with van der Waals surface area (Å²) >= 11 is 11.9. The molecular weight excluding hydrogens is 664 g/mol. The molecule has 0 saturated heterocycles. The Morgan fingerprint density at radius 1 is 1.12 bits per heavy atom. The number of aromatic nitrogens is 5. The van der Waals surface area contributed by atoms with E-state index in [2.05, 4.69) is 46.2 Å². The van der Waals surface area contributed by atoms with Crippen molar-refractivity contribution < 1.29 is 14.4 Å². The molecule has 0 bridgehead atoms. The SMILES string of the molecule is CNC(=O)c1cc(C#N)cc(C)c1NC(=O)c1cc(Br)nn1-c1ncccc1Cl.CSC(=O)c1cccc2nnsc12. The fourth-order valence-electron chi connectivity index (χ4n) is 3.79. The van der Waals surface area contributed by atoms with Crippen molar-refractivity contribution in [3.63, 3.8) is 0 Å². The van der Waals surface area contributed by atoms with Crippen LogP contribution in [-0.4, -0.2) is 54.6 Å². The van der Waals surface area contributed by atoms with Gasteiger partial charge in [0.2, 0.25) is 5.12 Å². The van der Waals surface area contributed by atoms with E-state index < -0.39 is 11.8 Å². The van der Waals surface area contributed by atoms with Crippen molar-refractivity contribution >= 4 is 83.7 Å².